The maximum absolute atomic E-state index is 12.6. The van der Waals surface area contributed by atoms with Gasteiger partial charge < -0.3 is 14.3 Å². The summed E-state index contributed by atoms with van der Waals surface area (Å²) in [5.74, 6) is 1.84. The van der Waals surface area contributed by atoms with Gasteiger partial charge in [0.1, 0.15) is 12.1 Å². The van der Waals surface area contributed by atoms with Crippen LogP contribution in [0.1, 0.15) is 58.6 Å². The predicted molar refractivity (Wildman–Crippen MR) is 119 cm³/mol. The Balaban J connectivity index is 1.50. The second-order valence-corrected chi connectivity index (χ2v) is 8.79. The Kier molecular flexibility index (Phi) is 6.23. The number of carbonyl (C=O) groups is 1. The van der Waals surface area contributed by atoms with E-state index in [-0.39, 0.29) is 17.9 Å². The molecule has 7 nitrogen and oxygen atoms in total. The van der Waals surface area contributed by atoms with E-state index in [1.165, 1.54) is 29.2 Å². The van der Waals surface area contributed by atoms with Gasteiger partial charge in [-0.3, -0.25) is 9.69 Å². The van der Waals surface area contributed by atoms with E-state index >= 15 is 0 Å². The first kappa shape index (κ1) is 21.3. The smallest absolute Gasteiger partial charge is 0.255 e. The van der Waals surface area contributed by atoms with E-state index in [1.54, 1.807) is 6.07 Å². The Bertz CT molecular complexity index is 1040. The molecular weight excluding hydrogens is 390 g/mol. The zero-order valence-electron chi connectivity index (χ0n) is 18.8. The van der Waals surface area contributed by atoms with Gasteiger partial charge in [0.25, 0.3) is 5.91 Å². The van der Waals surface area contributed by atoms with Crippen LogP contribution < -0.4 is 5.32 Å². The molecular formula is C24H31N5O2. The molecule has 1 unspecified atom stereocenters. The van der Waals surface area contributed by atoms with Crippen molar-refractivity contribution in [2.24, 2.45) is 5.92 Å². The van der Waals surface area contributed by atoms with Gasteiger partial charge in [-0.2, -0.15) is 0 Å². The molecule has 0 saturated carbocycles. The van der Waals surface area contributed by atoms with Gasteiger partial charge in [-0.05, 0) is 37.0 Å². The number of nitrogens with one attached hydrogen (secondary N) is 1. The van der Waals surface area contributed by atoms with Gasteiger partial charge in [0.05, 0.1) is 17.9 Å². The van der Waals surface area contributed by atoms with Crippen LogP contribution in [0.3, 0.4) is 0 Å². The topological polar surface area (TPSA) is 76.2 Å². The third-order valence-corrected chi connectivity index (χ3v) is 6.06. The third kappa shape index (κ3) is 4.71. The number of aromatic nitrogens is 3. The van der Waals surface area contributed by atoms with Gasteiger partial charge in [0, 0.05) is 32.6 Å². The fourth-order valence-corrected chi connectivity index (χ4v) is 4.14. The van der Waals surface area contributed by atoms with Gasteiger partial charge in [-0.15, -0.1) is 10.2 Å². The normalized spacial score (nSPS) is 15.5. The van der Waals surface area contributed by atoms with Gasteiger partial charge in [0.15, 0.2) is 5.82 Å². The van der Waals surface area contributed by atoms with Crippen LogP contribution in [0.4, 0.5) is 0 Å². The number of amides is 1. The Morgan fingerprint density at radius 2 is 2.00 bits per heavy atom. The molecule has 0 spiro atoms. The first-order valence-corrected chi connectivity index (χ1v) is 11.0. The van der Waals surface area contributed by atoms with Crippen molar-refractivity contribution in [2.75, 3.05) is 13.1 Å². The fourth-order valence-electron chi connectivity index (χ4n) is 4.14. The maximum Gasteiger partial charge on any atom is 0.255 e. The Morgan fingerprint density at radius 1 is 1.16 bits per heavy atom. The van der Waals surface area contributed by atoms with E-state index in [1.807, 2.05) is 0 Å². The van der Waals surface area contributed by atoms with Crippen LogP contribution in [-0.4, -0.2) is 38.7 Å². The van der Waals surface area contributed by atoms with Gasteiger partial charge in [-0.1, -0.05) is 37.6 Å². The zero-order chi connectivity index (χ0) is 22.0. The van der Waals surface area contributed by atoms with E-state index in [9.17, 15) is 4.79 Å². The SMILES string of the molecule is Cc1ccc(C)c(CN2CCc3nnc(C(NC(=O)c4ccoc4)C(C)C)n3CC2)c1. The van der Waals surface area contributed by atoms with Gasteiger partial charge >= 0.3 is 0 Å². The number of nitrogens with zero attached hydrogens (tertiary/aromatic N) is 4. The minimum atomic E-state index is -0.214. The molecule has 164 valence electrons. The second-order valence-electron chi connectivity index (χ2n) is 8.79. The lowest BCUT2D eigenvalue weighted by Crippen LogP contribution is -2.34. The van der Waals surface area contributed by atoms with E-state index in [2.05, 4.69) is 70.9 Å². The molecule has 0 aliphatic carbocycles. The summed E-state index contributed by atoms with van der Waals surface area (Å²) in [7, 11) is 0. The Labute approximate surface area is 183 Å². The minimum Gasteiger partial charge on any atom is -0.472 e. The molecule has 7 heteroatoms. The number of fused-ring (bicyclic) bond motifs is 1. The Hall–Kier alpha value is -2.93. The molecule has 3 aromatic rings. The number of rotatable bonds is 6. The molecule has 0 bridgehead atoms. The monoisotopic (exact) mass is 421 g/mol. The molecule has 4 rings (SSSR count). The molecule has 3 heterocycles. The van der Waals surface area contributed by atoms with Crippen LogP contribution in [0.15, 0.2) is 41.2 Å². The van der Waals surface area contributed by atoms with Crippen LogP contribution in [0.5, 0.6) is 0 Å². The summed E-state index contributed by atoms with van der Waals surface area (Å²) in [5, 5.41) is 12.1. The molecule has 1 aliphatic rings. The molecule has 1 aromatic carbocycles. The number of hydrogen-bond acceptors (Lipinski definition) is 5. The molecule has 1 atom stereocenters. The Morgan fingerprint density at radius 3 is 2.74 bits per heavy atom. The molecule has 0 radical (unpaired) electrons. The third-order valence-electron chi connectivity index (χ3n) is 6.06. The molecule has 1 N–H and O–H groups in total. The number of benzene rings is 1. The molecule has 1 amide bonds. The van der Waals surface area contributed by atoms with Crippen LogP contribution >= 0.6 is 0 Å². The molecule has 0 fully saturated rings. The highest BCUT2D eigenvalue weighted by atomic mass is 16.3. The predicted octanol–water partition coefficient (Wildman–Crippen LogP) is 3.67. The minimum absolute atomic E-state index is 0.157. The van der Waals surface area contributed by atoms with E-state index in [4.69, 9.17) is 4.42 Å². The zero-order valence-corrected chi connectivity index (χ0v) is 18.8. The number of furan rings is 1. The highest BCUT2D eigenvalue weighted by molar-refractivity contribution is 5.94. The molecule has 31 heavy (non-hydrogen) atoms. The van der Waals surface area contributed by atoms with Gasteiger partial charge in [0.2, 0.25) is 0 Å². The van der Waals surface area contributed by atoms with Crippen molar-refractivity contribution in [3.05, 3.63) is 70.7 Å². The highest BCUT2D eigenvalue weighted by Gasteiger charge is 2.28. The van der Waals surface area contributed by atoms with Crippen molar-refractivity contribution < 1.29 is 9.21 Å². The van der Waals surface area contributed by atoms with Crippen LogP contribution in [-0.2, 0) is 19.5 Å². The molecule has 2 aromatic heterocycles. The second kappa shape index (κ2) is 9.06. The van der Waals surface area contributed by atoms with Gasteiger partial charge in [-0.25, -0.2) is 0 Å². The van der Waals surface area contributed by atoms with Crippen molar-refractivity contribution in [1.82, 2.24) is 25.0 Å². The lowest BCUT2D eigenvalue weighted by Gasteiger charge is -2.23. The van der Waals surface area contributed by atoms with E-state index < -0.39 is 0 Å². The molecule has 0 saturated heterocycles. The highest BCUT2D eigenvalue weighted by Crippen LogP contribution is 2.24. The maximum atomic E-state index is 12.6. The van der Waals surface area contributed by atoms with E-state index in [0.29, 0.717) is 5.56 Å². The van der Waals surface area contributed by atoms with Crippen molar-refractivity contribution in [1.29, 1.82) is 0 Å². The summed E-state index contributed by atoms with van der Waals surface area (Å²) in [6, 6.07) is 8.10. The largest absolute Gasteiger partial charge is 0.472 e. The average Bonchev–Trinajstić information content (AvgIpc) is 3.37. The number of aryl methyl sites for hydroxylation is 2. The summed E-state index contributed by atoms with van der Waals surface area (Å²) in [4.78, 5) is 15.1. The first-order valence-electron chi connectivity index (χ1n) is 11.0. The summed E-state index contributed by atoms with van der Waals surface area (Å²) in [5.41, 5.74) is 4.52. The summed E-state index contributed by atoms with van der Waals surface area (Å²) in [6.45, 7) is 12.1. The van der Waals surface area contributed by atoms with Crippen molar-refractivity contribution in [2.45, 2.75) is 53.2 Å². The lowest BCUT2D eigenvalue weighted by atomic mass is 10.0. The van der Waals surface area contributed by atoms with Crippen molar-refractivity contribution in [3.63, 3.8) is 0 Å². The first-order chi connectivity index (χ1) is 14.9. The summed E-state index contributed by atoms with van der Waals surface area (Å²) < 4.78 is 7.25. The van der Waals surface area contributed by atoms with Crippen LogP contribution in [0.25, 0.3) is 0 Å². The lowest BCUT2D eigenvalue weighted by molar-refractivity contribution is 0.0921. The van der Waals surface area contributed by atoms with Crippen molar-refractivity contribution >= 4 is 5.91 Å². The quantitative estimate of drug-likeness (QED) is 0.657. The van der Waals surface area contributed by atoms with E-state index in [0.717, 1.165) is 44.2 Å². The fraction of sp³-hybridized carbons (Fsp3) is 0.458. The molecule has 1 aliphatic heterocycles. The standard InChI is InChI=1S/C24H31N5O2/c1-16(2)22(25-24(30)19-8-12-31-15-19)23-27-26-21-7-9-28(10-11-29(21)23)14-20-13-17(3)5-6-18(20)4/h5-6,8,12-13,15-16,22H,7,9-11,14H2,1-4H3,(H,25,30). The average molecular weight is 422 g/mol. The summed E-state index contributed by atoms with van der Waals surface area (Å²) in [6.07, 6.45) is 3.81. The summed E-state index contributed by atoms with van der Waals surface area (Å²) >= 11 is 0. The number of carbonyl (C=O) groups excluding carboxylic acids is 1. The number of hydrogen-bond donors (Lipinski definition) is 1. The van der Waals surface area contributed by atoms with Crippen molar-refractivity contribution in [3.8, 4) is 0 Å². The van der Waals surface area contributed by atoms with Crippen LogP contribution in [0, 0.1) is 19.8 Å². The van der Waals surface area contributed by atoms with Crippen LogP contribution in [0.2, 0.25) is 0 Å².